The Balaban J connectivity index is 1.81. The lowest BCUT2D eigenvalue weighted by Crippen LogP contribution is -2.41. The smallest absolute Gasteiger partial charge is 0.336 e. The van der Waals surface area contributed by atoms with Gasteiger partial charge in [0.2, 0.25) is 5.91 Å². The fourth-order valence-electron chi connectivity index (χ4n) is 3.78. The minimum Gasteiger partial charge on any atom is -0.497 e. The number of aromatic nitrogens is 3. The molecule has 2 aromatic carbocycles. The van der Waals surface area contributed by atoms with Crippen LogP contribution in [0.3, 0.4) is 0 Å². The van der Waals surface area contributed by atoms with Crippen LogP contribution in [-0.2, 0) is 18.4 Å². The number of benzene rings is 2. The number of hydrogen-bond acceptors (Lipinski definition) is 5. The van der Waals surface area contributed by atoms with E-state index < -0.39 is 17.2 Å². The van der Waals surface area contributed by atoms with Gasteiger partial charge in [-0.05, 0) is 37.3 Å². The van der Waals surface area contributed by atoms with Crippen molar-refractivity contribution in [1.82, 2.24) is 13.7 Å². The van der Waals surface area contributed by atoms with Gasteiger partial charge in [0.05, 0.1) is 31.1 Å². The number of methoxy groups -OCH3 is 2. The van der Waals surface area contributed by atoms with E-state index in [-0.39, 0.29) is 6.54 Å². The first-order chi connectivity index (χ1) is 15.8. The Morgan fingerprint density at radius 3 is 2.39 bits per heavy atom. The number of anilines is 1. The molecule has 0 fully saturated rings. The molecule has 1 N–H and O–H groups in total. The van der Waals surface area contributed by atoms with Gasteiger partial charge in [0.15, 0.2) is 0 Å². The first-order valence-electron chi connectivity index (χ1n) is 10.2. The number of hydrogen-bond donors (Lipinski definition) is 1. The lowest BCUT2D eigenvalue weighted by Gasteiger charge is -2.14. The zero-order chi connectivity index (χ0) is 23.7. The number of aryl methyl sites for hydroxylation is 2. The van der Waals surface area contributed by atoms with E-state index >= 15 is 0 Å². The average Bonchev–Trinajstić information content (AvgIpc) is 3.12. The molecule has 0 aliphatic carbocycles. The predicted molar refractivity (Wildman–Crippen MR) is 126 cm³/mol. The molecule has 4 aromatic rings. The summed E-state index contributed by atoms with van der Waals surface area (Å²) in [4.78, 5) is 39.6. The molecule has 2 heterocycles. The highest BCUT2D eigenvalue weighted by molar-refractivity contribution is 5.93. The number of carbonyl (C=O) groups is 1. The van der Waals surface area contributed by atoms with Crippen molar-refractivity contribution in [2.24, 2.45) is 7.05 Å². The van der Waals surface area contributed by atoms with Crippen molar-refractivity contribution in [2.75, 3.05) is 19.5 Å². The van der Waals surface area contributed by atoms with Crippen LogP contribution in [0.1, 0.15) is 5.69 Å². The second kappa shape index (κ2) is 8.70. The van der Waals surface area contributed by atoms with Crippen molar-refractivity contribution in [3.05, 3.63) is 81.1 Å². The molecule has 0 spiro atoms. The summed E-state index contributed by atoms with van der Waals surface area (Å²) in [6.07, 6.45) is 0. The summed E-state index contributed by atoms with van der Waals surface area (Å²) in [5, 5.41) is 2.78. The van der Waals surface area contributed by atoms with E-state index in [1.807, 2.05) is 6.92 Å². The average molecular weight is 448 g/mol. The van der Waals surface area contributed by atoms with E-state index in [0.29, 0.717) is 33.9 Å². The topological polar surface area (TPSA) is 96.5 Å². The Hall–Kier alpha value is -4.27. The van der Waals surface area contributed by atoms with Gasteiger partial charge >= 0.3 is 5.69 Å². The number of carbonyl (C=O) groups excluding carboxylic acids is 1. The van der Waals surface area contributed by atoms with Gasteiger partial charge in [-0.25, -0.2) is 9.36 Å². The van der Waals surface area contributed by atoms with Crippen molar-refractivity contribution < 1.29 is 14.3 Å². The molecule has 33 heavy (non-hydrogen) atoms. The molecule has 0 aliphatic rings. The Labute approximate surface area is 189 Å². The van der Waals surface area contributed by atoms with Crippen molar-refractivity contribution in [1.29, 1.82) is 0 Å². The molecule has 170 valence electrons. The largest absolute Gasteiger partial charge is 0.497 e. The third kappa shape index (κ3) is 3.89. The molecule has 1 amide bonds. The maximum Gasteiger partial charge on any atom is 0.336 e. The van der Waals surface area contributed by atoms with Crippen molar-refractivity contribution >= 4 is 22.6 Å². The minimum atomic E-state index is -0.596. The van der Waals surface area contributed by atoms with E-state index in [9.17, 15) is 14.4 Å². The second-order valence-electron chi connectivity index (χ2n) is 7.54. The van der Waals surface area contributed by atoms with E-state index in [4.69, 9.17) is 9.47 Å². The highest BCUT2D eigenvalue weighted by Gasteiger charge is 2.20. The highest BCUT2D eigenvalue weighted by Crippen LogP contribution is 2.29. The SMILES string of the molecule is COc1ccc(NC(=O)Cn2c(=O)n(-c3ccccc3)c(=O)c3c2cc(C)n3C)c(OC)c1. The van der Waals surface area contributed by atoms with Gasteiger partial charge in [0, 0.05) is 18.8 Å². The third-order valence-electron chi connectivity index (χ3n) is 5.57. The zero-order valence-corrected chi connectivity index (χ0v) is 18.8. The molecule has 0 unspecified atom stereocenters. The Bertz CT molecular complexity index is 1460. The standard InChI is InChI=1S/C24H24N4O5/c1-15-12-19-22(26(15)2)23(30)28(16-8-6-5-7-9-16)24(31)27(19)14-21(29)25-18-11-10-17(32-3)13-20(18)33-4/h5-13H,14H2,1-4H3,(H,25,29). The lowest BCUT2D eigenvalue weighted by molar-refractivity contribution is -0.116. The zero-order valence-electron chi connectivity index (χ0n) is 18.8. The number of nitrogens with zero attached hydrogens (tertiary/aromatic N) is 3. The third-order valence-corrected chi connectivity index (χ3v) is 5.57. The lowest BCUT2D eigenvalue weighted by atomic mass is 10.2. The molecule has 9 heteroatoms. The summed E-state index contributed by atoms with van der Waals surface area (Å²) in [6, 6.07) is 15.4. The summed E-state index contributed by atoms with van der Waals surface area (Å²) < 4.78 is 14.6. The molecule has 0 atom stereocenters. The number of ether oxygens (including phenoxy) is 2. The quantitative estimate of drug-likeness (QED) is 0.489. The Kier molecular flexibility index (Phi) is 5.78. The van der Waals surface area contributed by atoms with Gasteiger partial charge in [-0.2, -0.15) is 0 Å². The first-order valence-corrected chi connectivity index (χ1v) is 10.2. The van der Waals surface area contributed by atoms with Crippen LogP contribution in [-0.4, -0.2) is 33.8 Å². The van der Waals surface area contributed by atoms with Gasteiger partial charge < -0.3 is 19.4 Å². The van der Waals surface area contributed by atoms with Crippen LogP contribution in [0.2, 0.25) is 0 Å². The van der Waals surface area contributed by atoms with Gasteiger partial charge in [-0.15, -0.1) is 0 Å². The monoisotopic (exact) mass is 448 g/mol. The number of fused-ring (bicyclic) bond motifs is 1. The fourth-order valence-corrected chi connectivity index (χ4v) is 3.78. The molecule has 0 saturated heterocycles. The maximum absolute atomic E-state index is 13.4. The second-order valence-corrected chi connectivity index (χ2v) is 7.54. The summed E-state index contributed by atoms with van der Waals surface area (Å²) in [5.74, 6) is 0.559. The Morgan fingerprint density at radius 1 is 1.00 bits per heavy atom. The predicted octanol–water partition coefficient (Wildman–Crippen LogP) is 2.46. The normalized spacial score (nSPS) is 10.9. The highest BCUT2D eigenvalue weighted by atomic mass is 16.5. The number of nitrogens with one attached hydrogen (secondary N) is 1. The van der Waals surface area contributed by atoms with Crippen LogP contribution >= 0.6 is 0 Å². The van der Waals surface area contributed by atoms with Gasteiger partial charge in [-0.1, -0.05) is 18.2 Å². The van der Waals surface area contributed by atoms with Gasteiger partial charge in [0.1, 0.15) is 23.6 Å². The van der Waals surface area contributed by atoms with Crippen LogP contribution in [0.5, 0.6) is 11.5 Å². The van der Waals surface area contributed by atoms with Gasteiger partial charge in [-0.3, -0.25) is 14.2 Å². The minimum absolute atomic E-state index is 0.291. The molecular formula is C24H24N4O5. The van der Waals surface area contributed by atoms with Gasteiger partial charge in [0.25, 0.3) is 5.56 Å². The number of para-hydroxylation sites is 1. The molecule has 2 aromatic heterocycles. The molecule has 9 nitrogen and oxygen atoms in total. The van der Waals surface area contributed by atoms with E-state index in [1.165, 1.54) is 18.8 Å². The number of amides is 1. The van der Waals surface area contributed by atoms with Crippen LogP contribution in [0.25, 0.3) is 16.7 Å². The molecule has 0 aliphatic heterocycles. The molecule has 0 saturated carbocycles. The summed E-state index contributed by atoms with van der Waals surface area (Å²) in [5.41, 5.74) is 1.36. The van der Waals surface area contributed by atoms with Crippen LogP contribution in [0.4, 0.5) is 5.69 Å². The maximum atomic E-state index is 13.4. The summed E-state index contributed by atoms with van der Waals surface area (Å²) in [7, 11) is 4.78. The fraction of sp³-hybridized carbons (Fsp3) is 0.208. The van der Waals surface area contributed by atoms with Crippen LogP contribution < -0.4 is 26.0 Å². The first kappa shape index (κ1) is 21.9. The molecule has 4 rings (SSSR count). The van der Waals surface area contributed by atoms with Crippen molar-refractivity contribution in [2.45, 2.75) is 13.5 Å². The van der Waals surface area contributed by atoms with Crippen molar-refractivity contribution in [3.63, 3.8) is 0 Å². The molecule has 0 bridgehead atoms. The van der Waals surface area contributed by atoms with E-state index in [0.717, 1.165) is 10.3 Å². The van der Waals surface area contributed by atoms with Crippen molar-refractivity contribution in [3.8, 4) is 17.2 Å². The summed E-state index contributed by atoms with van der Waals surface area (Å²) >= 11 is 0. The van der Waals surface area contributed by atoms with Crippen LogP contribution in [0, 0.1) is 6.92 Å². The Morgan fingerprint density at radius 2 is 1.73 bits per heavy atom. The number of rotatable bonds is 6. The molecular weight excluding hydrogens is 424 g/mol. The molecule has 0 radical (unpaired) electrons. The van der Waals surface area contributed by atoms with E-state index in [1.54, 1.807) is 66.2 Å². The summed E-state index contributed by atoms with van der Waals surface area (Å²) in [6.45, 7) is 1.55. The van der Waals surface area contributed by atoms with Crippen LogP contribution in [0.15, 0.2) is 64.2 Å². The van der Waals surface area contributed by atoms with E-state index in [2.05, 4.69) is 5.32 Å².